The number of carbonyl (C=O) groups is 1. The SMILES string of the molecule is COC(=O)Nc1nc(=O)n([C@@H]2O[C@H](C)C(O)C2O)cc1F. The molecule has 1 aliphatic heterocycles. The molecular formula is C11H14FN3O6. The maximum atomic E-state index is 13.8. The van der Waals surface area contributed by atoms with Crippen LogP contribution in [0.5, 0.6) is 0 Å². The van der Waals surface area contributed by atoms with Crippen molar-refractivity contribution >= 4 is 11.9 Å². The lowest BCUT2D eigenvalue weighted by molar-refractivity contribution is -0.0355. The number of methoxy groups -OCH3 is 1. The van der Waals surface area contributed by atoms with Crippen LogP contribution in [0.1, 0.15) is 13.2 Å². The van der Waals surface area contributed by atoms with Gasteiger partial charge in [0, 0.05) is 0 Å². The van der Waals surface area contributed by atoms with E-state index in [0.29, 0.717) is 4.57 Å². The molecule has 0 aromatic carbocycles. The molecule has 0 bridgehead atoms. The fourth-order valence-corrected chi connectivity index (χ4v) is 1.92. The lowest BCUT2D eigenvalue weighted by Crippen LogP contribution is -2.36. The number of aliphatic hydroxyl groups is 2. The number of aliphatic hydroxyl groups excluding tert-OH is 2. The highest BCUT2D eigenvalue weighted by molar-refractivity contribution is 5.83. The summed E-state index contributed by atoms with van der Waals surface area (Å²) in [6.45, 7) is 1.50. The van der Waals surface area contributed by atoms with Gasteiger partial charge >= 0.3 is 11.8 Å². The first-order chi connectivity index (χ1) is 9.85. The number of hydrogen-bond donors (Lipinski definition) is 3. The Balaban J connectivity index is 2.33. The van der Waals surface area contributed by atoms with Gasteiger partial charge in [0.15, 0.2) is 17.9 Å². The van der Waals surface area contributed by atoms with Crippen molar-refractivity contribution in [3.63, 3.8) is 0 Å². The van der Waals surface area contributed by atoms with Crippen LogP contribution in [0.4, 0.5) is 15.0 Å². The zero-order valence-corrected chi connectivity index (χ0v) is 11.2. The Bertz CT molecular complexity index is 606. The molecule has 0 spiro atoms. The second-order valence-corrected chi connectivity index (χ2v) is 4.46. The molecule has 1 aliphatic rings. The van der Waals surface area contributed by atoms with Gasteiger partial charge in [-0.2, -0.15) is 4.98 Å². The Morgan fingerprint density at radius 1 is 1.52 bits per heavy atom. The van der Waals surface area contributed by atoms with Gasteiger partial charge in [-0.05, 0) is 6.92 Å². The number of hydrogen-bond acceptors (Lipinski definition) is 7. The van der Waals surface area contributed by atoms with Crippen molar-refractivity contribution in [3.05, 3.63) is 22.5 Å². The molecule has 2 rings (SSSR count). The quantitative estimate of drug-likeness (QED) is 0.653. The number of aromatic nitrogens is 2. The summed E-state index contributed by atoms with van der Waals surface area (Å²) in [5, 5.41) is 21.3. The molecule has 0 aliphatic carbocycles. The van der Waals surface area contributed by atoms with Crippen LogP contribution in [0.2, 0.25) is 0 Å². The molecule has 1 aromatic heterocycles. The maximum Gasteiger partial charge on any atom is 0.412 e. The molecule has 1 fully saturated rings. The summed E-state index contributed by atoms with van der Waals surface area (Å²) in [5.74, 6) is -1.63. The first-order valence-corrected chi connectivity index (χ1v) is 6.00. The smallest absolute Gasteiger partial charge is 0.412 e. The van der Waals surface area contributed by atoms with Gasteiger partial charge in [0.05, 0.1) is 19.4 Å². The normalized spacial score (nSPS) is 28.4. The van der Waals surface area contributed by atoms with Gasteiger partial charge in [-0.3, -0.25) is 9.88 Å². The predicted octanol–water partition coefficient (Wildman–Crippen LogP) is -0.800. The summed E-state index contributed by atoms with van der Waals surface area (Å²) >= 11 is 0. The molecule has 2 unspecified atom stereocenters. The van der Waals surface area contributed by atoms with Crippen LogP contribution in [0, 0.1) is 5.82 Å². The molecular weight excluding hydrogens is 289 g/mol. The molecule has 2 heterocycles. The lowest BCUT2D eigenvalue weighted by atomic mass is 10.1. The fourth-order valence-electron chi connectivity index (χ4n) is 1.92. The largest absolute Gasteiger partial charge is 0.453 e. The highest BCUT2D eigenvalue weighted by atomic mass is 19.1. The van der Waals surface area contributed by atoms with E-state index in [1.54, 1.807) is 0 Å². The van der Waals surface area contributed by atoms with E-state index < -0.39 is 48.0 Å². The monoisotopic (exact) mass is 303 g/mol. The average Bonchev–Trinajstić information content (AvgIpc) is 2.70. The highest BCUT2D eigenvalue weighted by Gasteiger charge is 2.42. The van der Waals surface area contributed by atoms with E-state index in [-0.39, 0.29) is 0 Å². The predicted molar refractivity (Wildman–Crippen MR) is 66.1 cm³/mol. The number of nitrogens with zero attached hydrogens (tertiary/aromatic N) is 2. The molecule has 3 N–H and O–H groups in total. The summed E-state index contributed by atoms with van der Waals surface area (Å²) in [5.41, 5.74) is -0.965. The van der Waals surface area contributed by atoms with Crippen molar-refractivity contribution in [1.82, 2.24) is 9.55 Å². The minimum atomic E-state index is -1.40. The molecule has 0 saturated carbocycles. The van der Waals surface area contributed by atoms with E-state index in [4.69, 9.17) is 4.74 Å². The summed E-state index contributed by atoms with van der Waals surface area (Å²) in [6, 6.07) is 0. The molecule has 1 amide bonds. The maximum absolute atomic E-state index is 13.8. The average molecular weight is 303 g/mol. The zero-order chi connectivity index (χ0) is 15.7. The third-order valence-corrected chi connectivity index (χ3v) is 3.06. The second-order valence-electron chi connectivity index (χ2n) is 4.46. The minimum absolute atomic E-state index is 0.607. The Kier molecular flexibility index (Phi) is 4.21. The Hall–Kier alpha value is -2.04. The van der Waals surface area contributed by atoms with Crippen LogP contribution >= 0.6 is 0 Å². The molecule has 9 nitrogen and oxygen atoms in total. The van der Waals surface area contributed by atoms with E-state index in [2.05, 4.69) is 9.72 Å². The van der Waals surface area contributed by atoms with Crippen LogP contribution in [0.15, 0.2) is 11.0 Å². The summed E-state index contributed by atoms with van der Waals surface area (Å²) in [4.78, 5) is 26.1. The Morgan fingerprint density at radius 3 is 2.71 bits per heavy atom. The van der Waals surface area contributed by atoms with Gasteiger partial charge in [-0.15, -0.1) is 0 Å². The number of nitrogens with one attached hydrogen (secondary N) is 1. The van der Waals surface area contributed by atoms with E-state index in [1.165, 1.54) is 6.92 Å². The first-order valence-electron chi connectivity index (χ1n) is 6.00. The van der Waals surface area contributed by atoms with Crippen LogP contribution in [0.3, 0.4) is 0 Å². The molecule has 1 aromatic rings. The van der Waals surface area contributed by atoms with Gasteiger partial charge in [-0.1, -0.05) is 0 Å². The fraction of sp³-hybridized carbons (Fsp3) is 0.545. The Labute approximate surface area is 117 Å². The van der Waals surface area contributed by atoms with Gasteiger partial charge in [-0.25, -0.2) is 14.0 Å². The molecule has 116 valence electrons. The highest BCUT2D eigenvalue weighted by Crippen LogP contribution is 2.28. The van der Waals surface area contributed by atoms with Crippen molar-refractivity contribution in [2.24, 2.45) is 0 Å². The number of halogens is 1. The second kappa shape index (κ2) is 5.76. The standard InChI is InChI=1S/C11H14FN3O6/c1-4-6(16)7(17)9(21-4)15-3-5(12)8(13-10(15)18)14-11(19)20-2/h3-4,6-7,9,16-17H,1-2H3,(H,13,14,18,19)/t4-,6?,7?,9-/m1/s1. The topological polar surface area (TPSA) is 123 Å². The minimum Gasteiger partial charge on any atom is -0.453 e. The summed E-state index contributed by atoms with van der Waals surface area (Å²) in [6.07, 6.45) is -4.88. The number of rotatable bonds is 2. The van der Waals surface area contributed by atoms with Gasteiger partial charge in [0.1, 0.15) is 12.2 Å². The number of carbonyl (C=O) groups excluding carboxylic acids is 1. The summed E-state index contributed by atoms with van der Waals surface area (Å²) in [7, 11) is 1.07. The number of amides is 1. The molecule has 1 saturated heterocycles. The van der Waals surface area contributed by atoms with E-state index in [9.17, 15) is 24.2 Å². The van der Waals surface area contributed by atoms with Crippen molar-refractivity contribution in [1.29, 1.82) is 0 Å². The van der Waals surface area contributed by atoms with E-state index in [1.807, 2.05) is 5.32 Å². The molecule has 0 radical (unpaired) electrons. The summed E-state index contributed by atoms with van der Waals surface area (Å²) < 4.78 is 24.0. The van der Waals surface area contributed by atoms with Gasteiger partial charge in [0.25, 0.3) is 0 Å². The van der Waals surface area contributed by atoms with Crippen LogP contribution in [0.25, 0.3) is 0 Å². The van der Waals surface area contributed by atoms with Crippen molar-refractivity contribution < 1.29 is 28.9 Å². The Morgan fingerprint density at radius 2 is 2.19 bits per heavy atom. The third-order valence-electron chi connectivity index (χ3n) is 3.06. The van der Waals surface area contributed by atoms with E-state index in [0.717, 1.165) is 13.3 Å². The third kappa shape index (κ3) is 2.86. The van der Waals surface area contributed by atoms with Gasteiger partial charge < -0.3 is 19.7 Å². The molecule has 4 atom stereocenters. The number of ether oxygens (including phenoxy) is 2. The first kappa shape index (κ1) is 15.4. The van der Waals surface area contributed by atoms with E-state index >= 15 is 0 Å². The zero-order valence-electron chi connectivity index (χ0n) is 11.2. The molecule has 10 heteroatoms. The van der Waals surface area contributed by atoms with Crippen molar-refractivity contribution in [2.75, 3.05) is 12.4 Å². The molecule has 21 heavy (non-hydrogen) atoms. The number of anilines is 1. The van der Waals surface area contributed by atoms with Crippen LogP contribution in [-0.4, -0.2) is 51.3 Å². The van der Waals surface area contributed by atoms with Gasteiger partial charge in [0.2, 0.25) is 0 Å². The van der Waals surface area contributed by atoms with Crippen molar-refractivity contribution in [3.8, 4) is 0 Å². The lowest BCUT2D eigenvalue weighted by Gasteiger charge is -2.17. The van der Waals surface area contributed by atoms with Crippen LogP contribution < -0.4 is 11.0 Å². The van der Waals surface area contributed by atoms with Crippen molar-refractivity contribution in [2.45, 2.75) is 31.5 Å². The van der Waals surface area contributed by atoms with Crippen LogP contribution in [-0.2, 0) is 9.47 Å².